The topological polar surface area (TPSA) is 98.8 Å². The summed E-state index contributed by atoms with van der Waals surface area (Å²) in [7, 11) is -3.08. The normalized spacial score (nSPS) is 21.2. The fourth-order valence-electron chi connectivity index (χ4n) is 2.45. The van der Waals surface area contributed by atoms with Crippen LogP contribution in [0.15, 0.2) is 30.0 Å². The first-order chi connectivity index (χ1) is 10.7. The third-order valence-corrected chi connectivity index (χ3v) is 4.96. The maximum absolute atomic E-state index is 11.8. The average molecular weight is 337 g/mol. The minimum atomic E-state index is -3.08. The van der Waals surface area contributed by atoms with Gasteiger partial charge >= 0.3 is 11.9 Å². The third kappa shape index (κ3) is 3.21. The lowest BCUT2D eigenvalue weighted by molar-refractivity contribution is -0.222. The maximum atomic E-state index is 11.8. The Morgan fingerprint density at radius 2 is 1.70 bits per heavy atom. The molecule has 1 N–H and O–H groups in total. The van der Waals surface area contributed by atoms with Gasteiger partial charge in [0.2, 0.25) is 0 Å². The largest absolute Gasteiger partial charge is 0.419 e. The van der Waals surface area contributed by atoms with Crippen LogP contribution in [0, 0.1) is 0 Å². The van der Waals surface area contributed by atoms with Gasteiger partial charge in [-0.15, -0.1) is 0 Å². The van der Waals surface area contributed by atoms with E-state index in [-0.39, 0.29) is 17.1 Å². The molecule has 122 valence electrons. The predicted molar refractivity (Wildman–Crippen MR) is 80.7 cm³/mol. The van der Waals surface area contributed by atoms with E-state index in [2.05, 4.69) is 5.32 Å². The number of carbonyl (C=O) groups is 2. The van der Waals surface area contributed by atoms with Gasteiger partial charge in [0.05, 0.1) is 11.5 Å². The fraction of sp³-hybridized carbons (Fsp3) is 0.333. The number of cyclic esters (lactones) is 2. The molecule has 2 aliphatic heterocycles. The van der Waals surface area contributed by atoms with E-state index in [1.807, 2.05) is 0 Å². The molecule has 2 heterocycles. The lowest BCUT2D eigenvalue weighted by Gasteiger charge is -2.29. The van der Waals surface area contributed by atoms with Crippen molar-refractivity contribution in [3.8, 4) is 0 Å². The van der Waals surface area contributed by atoms with Crippen LogP contribution < -0.4 is 5.32 Å². The number of esters is 2. The monoisotopic (exact) mass is 337 g/mol. The molecule has 0 unspecified atom stereocenters. The number of nitrogens with one attached hydrogen (secondary N) is 1. The summed E-state index contributed by atoms with van der Waals surface area (Å²) in [5, 5.41) is 2.80. The summed E-state index contributed by atoms with van der Waals surface area (Å²) in [6.45, 7) is 2.93. The predicted octanol–water partition coefficient (Wildman–Crippen LogP) is 1.25. The standard InChI is InChI=1S/C15H15NO6S/c1-15(2)21-13(17)12(14(18)22-15)6-16-11-4-3-9-7-23(19,20)8-10(9)5-11/h3-6,16H,7-8H2,1-2H3. The molecule has 23 heavy (non-hydrogen) atoms. The highest BCUT2D eigenvalue weighted by Crippen LogP contribution is 2.28. The van der Waals surface area contributed by atoms with Crippen molar-refractivity contribution in [2.75, 3.05) is 5.32 Å². The van der Waals surface area contributed by atoms with Gasteiger partial charge in [0.15, 0.2) is 15.4 Å². The number of benzene rings is 1. The second kappa shape index (κ2) is 5.09. The lowest BCUT2D eigenvalue weighted by Crippen LogP contribution is -2.42. The van der Waals surface area contributed by atoms with E-state index in [0.717, 1.165) is 5.56 Å². The van der Waals surface area contributed by atoms with Crippen molar-refractivity contribution in [3.63, 3.8) is 0 Å². The summed E-state index contributed by atoms with van der Waals surface area (Å²) in [5.41, 5.74) is 1.79. The number of ether oxygens (including phenoxy) is 2. The van der Waals surface area contributed by atoms with Crippen molar-refractivity contribution in [2.24, 2.45) is 0 Å². The summed E-state index contributed by atoms with van der Waals surface area (Å²) in [6, 6.07) is 5.07. The highest BCUT2D eigenvalue weighted by atomic mass is 32.2. The van der Waals surface area contributed by atoms with Crippen molar-refractivity contribution < 1.29 is 27.5 Å². The van der Waals surface area contributed by atoms with Crippen molar-refractivity contribution in [3.05, 3.63) is 41.1 Å². The van der Waals surface area contributed by atoms with E-state index in [4.69, 9.17) is 9.47 Å². The third-order valence-electron chi connectivity index (χ3n) is 3.46. The Morgan fingerprint density at radius 1 is 1.09 bits per heavy atom. The molecule has 1 aromatic rings. The SMILES string of the molecule is CC1(C)OC(=O)C(=CNc2ccc3c(c2)CS(=O)(=O)C3)C(=O)O1. The quantitative estimate of drug-likeness (QED) is 0.492. The van der Waals surface area contributed by atoms with Crippen LogP contribution in [0.3, 0.4) is 0 Å². The van der Waals surface area contributed by atoms with Crippen LogP contribution in [0.1, 0.15) is 25.0 Å². The molecule has 0 amide bonds. The second-order valence-electron chi connectivity index (χ2n) is 5.90. The van der Waals surface area contributed by atoms with E-state index in [1.54, 1.807) is 18.2 Å². The molecule has 0 bridgehead atoms. The van der Waals surface area contributed by atoms with Gasteiger partial charge in [-0.2, -0.15) is 0 Å². The molecule has 8 heteroatoms. The summed E-state index contributed by atoms with van der Waals surface area (Å²) in [5.74, 6) is -2.80. The molecular formula is C15H15NO6S. The summed E-state index contributed by atoms with van der Waals surface area (Å²) >= 11 is 0. The molecule has 1 saturated heterocycles. The molecule has 0 saturated carbocycles. The molecule has 0 aromatic heterocycles. The minimum Gasteiger partial charge on any atom is -0.419 e. The number of hydrogen-bond acceptors (Lipinski definition) is 7. The fourth-order valence-corrected chi connectivity index (χ4v) is 4.05. The van der Waals surface area contributed by atoms with Crippen LogP contribution in [0.5, 0.6) is 0 Å². The molecular weight excluding hydrogens is 322 g/mol. The molecule has 0 aliphatic carbocycles. The van der Waals surface area contributed by atoms with Crippen LogP contribution in [0.4, 0.5) is 5.69 Å². The molecule has 0 atom stereocenters. The van der Waals surface area contributed by atoms with Crippen molar-refractivity contribution in [2.45, 2.75) is 31.1 Å². The number of hydrogen-bond donors (Lipinski definition) is 1. The number of sulfone groups is 1. The van der Waals surface area contributed by atoms with Crippen LogP contribution >= 0.6 is 0 Å². The minimum absolute atomic E-state index is 0.00724. The van der Waals surface area contributed by atoms with Gasteiger partial charge in [-0.3, -0.25) is 0 Å². The lowest BCUT2D eigenvalue weighted by atomic mass is 10.1. The Bertz CT molecular complexity index is 816. The Kier molecular flexibility index (Phi) is 3.44. The van der Waals surface area contributed by atoms with E-state index >= 15 is 0 Å². The van der Waals surface area contributed by atoms with Gasteiger partial charge in [0.25, 0.3) is 5.79 Å². The Balaban J connectivity index is 1.79. The van der Waals surface area contributed by atoms with E-state index < -0.39 is 27.6 Å². The molecule has 0 spiro atoms. The van der Waals surface area contributed by atoms with E-state index in [0.29, 0.717) is 11.3 Å². The Hall–Kier alpha value is -2.35. The van der Waals surface area contributed by atoms with Crippen LogP contribution in [0.25, 0.3) is 0 Å². The molecule has 3 rings (SSSR count). The first-order valence-electron chi connectivity index (χ1n) is 6.91. The molecule has 1 fully saturated rings. The number of carbonyl (C=O) groups excluding carboxylic acids is 2. The highest BCUT2D eigenvalue weighted by molar-refractivity contribution is 7.90. The average Bonchev–Trinajstić information content (AvgIpc) is 2.69. The first-order valence-corrected chi connectivity index (χ1v) is 8.73. The van der Waals surface area contributed by atoms with E-state index in [9.17, 15) is 18.0 Å². The first kappa shape index (κ1) is 15.5. The maximum Gasteiger partial charge on any atom is 0.350 e. The molecule has 0 radical (unpaired) electrons. The summed E-state index contributed by atoms with van der Waals surface area (Å²) < 4.78 is 33.1. The summed E-state index contributed by atoms with van der Waals surface area (Å²) in [4.78, 5) is 23.6. The van der Waals surface area contributed by atoms with Gasteiger partial charge < -0.3 is 14.8 Å². The van der Waals surface area contributed by atoms with Gasteiger partial charge in [0, 0.05) is 25.7 Å². The smallest absolute Gasteiger partial charge is 0.350 e. The second-order valence-corrected chi connectivity index (χ2v) is 7.96. The van der Waals surface area contributed by atoms with Crippen molar-refractivity contribution in [1.29, 1.82) is 0 Å². The Labute approximate surface area is 133 Å². The highest BCUT2D eigenvalue weighted by Gasteiger charge is 2.39. The zero-order valence-electron chi connectivity index (χ0n) is 12.6. The summed E-state index contributed by atoms with van der Waals surface area (Å²) in [6.07, 6.45) is 1.20. The molecule has 2 aliphatic rings. The van der Waals surface area contributed by atoms with Crippen LogP contribution in [-0.4, -0.2) is 26.1 Å². The number of fused-ring (bicyclic) bond motifs is 1. The molecule has 1 aromatic carbocycles. The van der Waals surface area contributed by atoms with Crippen molar-refractivity contribution >= 4 is 27.5 Å². The van der Waals surface area contributed by atoms with E-state index in [1.165, 1.54) is 20.0 Å². The van der Waals surface area contributed by atoms with Gasteiger partial charge in [0.1, 0.15) is 0 Å². The molecule has 7 nitrogen and oxygen atoms in total. The zero-order chi connectivity index (χ0) is 16.8. The van der Waals surface area contributed by atoms with Crippen molar-refractivity contribution in [1.82, 2.24) is 0 Å². The van der Waals surface area contributed by atoms with Gasteiger partial charge in [-0.05, 0) is 23.3 Å². The van der Waals surface area contributed by atoms with Crippen LogP contribution in [0.2, 0.25) is 0 Å². The number of anilines is 1. The Morgan fingerprint density at radius 3 is 2.35 bits per heavy atom. The number of rotatable bonds is 2. The zero-order valence-corrected chi connectivity index (χ0v) is 13.4. The van der Waals surface area contributed by atoms with Crippen LogP contribution in [-0.2, 0) is 40.4 Å². The van der Waals surface area contributed by atoms with Gasteiger partial charge in [-0.25, -0.2) is 18.0 Å². The van der Waals surface area contributed by atoms with Gasteiger partial charge in [-0.1, -0.05) is 6.07 Å².